The van der Waals surface area contributed by atoms with Crippen molar-refractivity contribution in [3.05, 3.63) is 11.6 Å². The molecule has 0 fully saturated rings. The highest BCUT2D eigenvalue weighted by Gasteiger charge is 2.02. The first-order valence-corrected chi connectivity index (χ1v) is 3.05. The fourth-order valence-electron chi connectivity index (χ4n) is 0.831. The Morgan fingerprint density at radius 1 is 1.30 bits per heavy atom. The molecule has 10 heavy (non-hydrogen) atoms. The van der Waals surface area contributed by atoms with Gasteiger partial charge in [-0.15, -0.1) is 0 Å². The highest BCUT2D eigenvalue weighted by molar-refractivity contribution is 5.32. The summed E-state index contributed by atoms with van der Waals surface area (Å²) in [6, 6.07) is 1.89. The van der Waals surface area contributed by atoms with Gasteiger partial charge in [-0.25, -0.2) is 0 Å². The molecule has 1 N–H and O–H groups in total. The number of methoxy groups -OCH3 is 2. The molecule has 0 amide bonds. The lowest BCUT2D eigenvalue weighted by atomic mass is 10.4. The molecular formula is C7H11NO2. The second-order valence-corrected chi connectivity index (χ2v) is 2.05. The van der Waals surface area contributed by atoms with Gasteiger partial charge in [0.2, 0.25) is 0 Å². The van der Waals surface area contributed by atoms with Crippen LogP contribution in [0.3, 0.4) is 0 Å². The van der Waals surface area contributed by atoms with Crippen molar-refractivity contribution in [1.82, 2.24) is 4.98 Å². The Morgan fingerprint density at radius 2 is 2.00 bits per heavy atom. The van der Waals surface area contributed by atoms with Gasteiger partial charge >= 0.3 is 0 Å². The van der Waals surface area contributed by atoms with Gasteiger partial charge in [0.15, 0.2) is 11.8 Å². The quantitative estimate of drug-likeness (QED) is 0.674. The van der Waals surface area contributed by atoms with E-state index in [1.807, 2.05) is 13.0 Å². The summed E-state index contributed by atoms with van der Waals surface area (Å²) >= 11 is 0. The Bertz CT molecular complexity index is 217. The summed E-state index contributed by atoms with van der Waals surface area (Å²) in [5, 5.41) is 0. The second-order valence-electron chi connectivity index (χ2n) is 2.05. The molecule has 1 heterocycles. The maximum absolute atomic E-state index is 4.99. The molecule has 0 aliphatic rings. The van der Waals surface area contributed by atoms with Crippen molar-refractivity contribution in [2.24, 2.45) is 0 Å². The lowest BCUT2D eigenvalue weighted by Crippen LogP contribution is -1.84. The predicted octanol–water partition coefficient (Wildman–Crippen LogP) is 1.34. The van der Waals surface area contributed by atoms with Crippen LogP contribution in [0.1, 0.15) is 5.56 Å². The number of rotatable bonds is 2. The van der Waals surface area contributed by atoms with Crippen LogP contribution in [0, 0.1) is 6.92 Å². The van der Waals surface area contributed by atoms with Crippen LogP contribution >= 0.6 is 0 Å². The van der Waals surface area contributed by atoms with Crippen LogP contribution in [0.4, 0.5) is 0 Å². The normalized spacial score (nSPS) is 9.50. The van der Waals surface area contributed by atoms with E-state index >= 15 is 0 Å². The average molecular weight is 141 g/mol. The molecular weight excluding hydrogens is 130 g/mol. The van der Waals surface area contributed by atoms with E-state index in [9.17, 15) is 0 Å². The van der Waals surface area contributed by atoms with Gasteiger partial charge in [-0.1, -0.05) is 0 Å². The average Bonchev–Trinajstić information content (AvgIpc) is 2.30. The van der Waals surface area contributed by atoms with Gasteiger partial charge in [0.25, 0.3) is 0 Å². The van der Waals surface area contributed by atoms with Gasteiger partial charge in [-0.05, 0) is 6.92 Å². The van der Waals surface area contributed by atoms with Gasteiger partial charge in [-0.3, -0.25) is 4.98 Å². The summed E-state index contributed by atoms with van der Waals surface area (Å²) in [5.41, 5.74) is 1.05. The number of aromatic amines is 1. The predicted molar refractivity (Wildman–Crippen MR) is 38.6 cm³/mol. The van der Waals surface area contributed by atoms with Crippen LogP contribution in [0.15, 0.2) is 6.07 Å². The van der Waals surface area contributed by atoms with Crippen LogP contribution in [0.2, 0.25) is 0 Å². The molecule has 0 bridgehead atoms. The lowest BCUT2D eigenvalue weighted by Gasteiger charge is -1.94. The van der Waals surface area contributed by atoms with Gasteiger partial charge in [-0.2, -0.15) is 0 Å². The maximum atomic E-state index is 4.99. The molecule has 0 aromatic carbocycles. The SMILES string of the molecule is COc1cc(C)c(OC)[nH]1. The van der Waals surface area contributed by atoms with E-state index < -0.39 is 0 Å². The highest BCUT2D eigenvalue weighted by Crippen LogP contribution is 2.21. The summed E-state index contributed by atoms with van der Waals surface area (Å²) in [6.07, 6.45) is 0. The van der Waals surface area contributed by atoms with E-state index in [2.05, 4.69) is 4.98 Å². The molecule has 1 aromatic heterocycles. The Kier molecular flexibility index (Phi) is 1.85. The molecule has 0 unspecified atom stereocenters. The first kappa shape index (κ1) is 6.99. The van der Waals surface area contributed by atoms with Crippen LogP contribution < -0.4 is 9.47 Å². The van der Waals surface area contributed by atoms with Crippen LogP contribution in [-0.4, -0.2) is 19.2 Å². The van der Waals surface area contributed by atoms with Crippen molar-refractivity contribution in [1.29, 1.82) is 0 Å². The van der Waals surface area contributed by atoms with Crippen LogP contribution in [0.25, 0.3) is 0 Å². The third-order valence-corrected chi connectivity index (χ3v) is 1.37. The minimum Gasteiger partial charge on any atom is -0.482 e. The van der Waals surface area contributed by atoms with Gasteiger partial charge in [0, 0.05) is 11.6 Å². The zero-order valence-electron chi connectivity index (χ0n) is 6.39. The first-order chi connectivity index (χ1) is 4.77. The number of nitrogens with one attached hydrogen (secondary N) is 1. The van der Waals surface area contributed by atoms with Gasteiger partial charge < -0.3 is 9.47 Å². The van der Waals surface area contributed by atoms with E-state index in [-0.39, 0.29) is 0 Å². The molecule has 3 heteroatoms. The monoisotopic (exact) mass is 141 g/mol. The third-order valence-electron chi connectivity index (χ3n) is 1.37. The second kappa shape index (κ2) is 2.64. The van der Waals surface area contributed by atoms with E-state index in [0.29, 0.717) is 0 Å². The number of ether oxygens (including phenoxy) is 2. The van der Waals surface area contributed by atoms with Crippen LogP contribution in [-0.2, 0) is 0 Å². The number of H-pyrrole nitrogens is 1. The molecule has 0 radical (unpaired) electrons. The van der Waals surface area contributed by atoms with Crippen LogP contribution in [0.5, 0.6) is 11.8 Å². The Morgan fingerprint density at radius 3 is 2.30 bits per heavy atom. The summed E-state index contributed by atoms with van der Waals surface area (Å²) in [6.45, 7) is 1.96. The number of hydrogen-bond acceptors (Lipinski definition) is 2. The summed E-state index contributed by atoms with van der Waals surface area (Å²) < 4.78 is 9.93. The molecule has 0 spiro atoms. The molecule has 1 aromatic rings. The smallest absolute Gasteiger partial charge is 0.196 e. The zero-order chi connectivity index (χ0) is 7.56. The fraction of sp³-hybridized carbons (Fsp3) is 0.429. The molecule has 3 nitrogen and oxygen atoms in total. The Hall–Kier alpha value is -1.12. The standard InChI is InChI=1S/C7H11NO2/c1-5-4-6(9-2)8-7(5)10-3/h4,8H,1-3H3. The summed E-state index contributed by atoms with van der Waals surface area (Å²) in [7, 11) is 3.24. The third kappa shape index (κ3) is 1.07. The largest absolute Gasteiger partial charge is 0.482 e. The Labute approximate surface area is 60.0 Å². The van der Waals surface area contributed by atoms with Crippen molar-refractivity contribution in [2.75, 3.05) is 14.2 Å². The van der Waals surface area contributed by atoms with Crippen molar-refractivity contribution in [3.8, 4) is 11.8 Å². The van der Waals surface area contributed by atoms with Crippen molar-refractivity contribution in [3.63, 3.8) is 0 Å². The zero-order valence-corrected chi connectivity index (χ0v) is 6.39. The van der Waals surface area contributed by atoms with Crippen molar-refractivity contribution in [2.45, 2.75) is 6.92 Å². The molecule has 0 aliphatic carbocycles. The summed E-state index contributed by atoms with van der Waals surface area (Å²) in [5.74, 6) is 1.49. The molecule has 56 valence electrons. The summed E-state index contributed by atoms with van der Waals surface area (Å²) in [4.78, 5) is 2.94. The number of hydrogen-bond donors (Lipinski definition) is 1. The number of aryl methyl sites for hydroxylation is 1. The Balaban J connectivity index is 2.92. The highest BCUT2D eigenvalue weighted by atomic mass is 16.5. The minimum atomic E-state index is 0.731. The maximum Gasteiger partial charge on any atom is 0.196 e. The van der Waals surface area contributed by atoms with E-state index in [0.717, 1.165) is 17.3 Å². The molecule has 0 atom stereocenters. The van der Waals surface area contributed by atoms with Gasteiger partial charge in [0.05, 0.1) is 14.2 Å². The fourth-order valence-corrected chi connectivity index (χ4v) is 0.831. The molecule has 0 saturated carbocycles. The number of aromatic nitrogens is 1. The molecule has 0 aliphatic heterocycles. The first-order valence-electron chi connectivity index (χ1n) is 3.05. The lowest BCUT2D eigenvalue weighted by molar-refractivity contribution is 0.373. The van der Waals surface area contributed by atoms with E-state index in [1.165, 1.54) is 0 Å². The minimum absolute atomic E-state index is 0.731. The van der Waals surface area contributed by atoms with Crippen molar-refractivity contribution < 1.29 is 9.47 Å². The molecule has 1 rings (SSSR count). The van der Waals surface area contributed by atoms with E-state index in [1.54, 1.807) is 14.2 Å². The van der Waals surface area contributed by atoms with E-state index in [4.69, 9.17) is 9.47 Å². The topological polar surface area (TPSA) is 34.2 Å². The molecule has 0 saturated heterocycles. The van der Waals surface area contributed by atoms with Crippen molar-refractivity contribution >= 4 is 0 Å². The van der Waals surface area contributed by atoms with Gasteiger partial charge in [0.1, 0.15) is 0 Å².